The first-order valence-corrected chi connectivity index (χ1v) is 10.6. The zero-order chi connectivity index (χ0) is 22.2. The fourth-order valence-electron chi connectivity index (χ4n) is 3.20. The number of benzene rings is 2. The maximum atomic E-state index is 5.45. The van der Waals surface area contributed by atoms with Crippen molar-refractivity contribution in [2.24, 2.45) is 5.10 Å². The summed E-state index contributed by atoms with van der Waals surface area (Å²) >= 11 is 0. The van der Waals surface area contributed by atoms with E-state index in [0.29, 0.717) is 37.6 Å². The number of rotatable bonds is 8. The Hall–Kier alpha value is -3.43. The van der Waals surface area contributed by atoms with Crippen molar-refractivity contribution in [2.45, 2.75) is 6.54 Å². The van der Waals surface area contributed by atoms with Gasteiger partial charge in [0.1, 0.15) is 0 Å². The highest BCUT2D eigenvalue weighted by atomic mass is 35.5. The lowest BCUT2D eigenvalue weighted by atomic mass is 10.2. The molecule has 0 spiro atoms. The van der Waals surface area contributed by atoms with E-state index in [1.807, 2.05) is 56.6 Å². The SMILES string of the molecule is CN(C)c1ccc(/C=N/Nc2nc(NCc3ccccc3)nc(N3CCOCC3)n2)cc1.Cl. The molecular weight excluding hydrogens is 440 g/mol. The number of halogens is 1. The summed E-state index contributed by atoms with van der Waals surface area (Å²) in [5, 5.41) is 7.61. The monoisotopic (exact) mass is 468 g/mol. The Morgan fingerprint density at radius 3 is 2.36 bits per heavy atom. The van der Waals surface area contributed by atoms with Gasteiger partial charge < -0.3 is 19.9 Å². The van der Waals surface area contributed by atoms with Crippen molar-refractivity contribution < 1.29 is 4.74 Å². The molecule has 1 aliphatic heterocycles. The maximum absolute atomic E-state index is 5.45. The normalized spacial score (nSPS) is 13.5. The van der Waals surface area contributed by atoms with Crippen LogP contribution < -0.4 is 20.5 Å². The molecule has 2 aromatic carbocycles. The first-order valence-electron chi connectivity index (χ1n) is 10.6. The smallest absolute Gasteiger partial charge is 0.250 e. The van der Waals surface area contributed by atoms with Crippen LogP contribution in [-0.2, 0) is 11.3 Å². The minimum Gasteiger partial charge on any atom is -0.378 e. The van der Waals surface area contributed by atoms with Crippen molar-refractivity contribution in [2.75, 3.05) is 60.9 Å². The molecular formula is C23H29ClN8O. The van der Waals surface area contributed by atoms with Crippen molar-refractivity contribution in [3.63, 3.8) is 0 Å². The van der Waals surface area contributed by atoms with Gasteiger partial charge in [-0.15, -0.1) is 12.4 Å². The number of morpholine rings is 1. The Morgan fingerprint density at radius 2 is 1.67 bits per heavy atom. The Morgan fingerprint density at radius 1 is 0.970 bits per heavy atom. The number of hydrogen-bond donors (Lipinski definition) is 2. The predicted octanol–water partition coefficient (Wildman–Crippen LogP) is 3.25. The van der Waals surface area contributed by atoms with Gasteiger partial charge in [0, 0.05) is 39.4 Å². The number of anilines is 4. The van der Waals surface area contributed by atoms with E-state index < -0.39 is 0 Å². The van der Waals surface area contributed by atoms with Crippen LogP contribution in [0.15, 0.2) is 59.7 Å². The lowest BCUT2D eigenvalue weighted by Crippen LogP contribution is -2.37. The third-order valence-corrected chi connectivity index (χ3v) is 5.00. The summed E-state index contributed by atoms with van der Waals surface area (Å²) in [6.45, 7) is 3.41. The molecule has 0 radical (unpaired) electrons. The quantitative estimate of drug-likeness (QED) is 0.384. The second-order valence-electron chi connectivity index (χ2n) is 7.58. The van der Waals surface area contributed by atoms with Crippen LogP contribution in [-0.4, -0.2) is 61.6 Å². The highest BCUT2D eigenvalue weighted by Crippen LogP contribution is 2.16. The van der Waals surface area contributed by atoms with Gasteiger partial charge in [-0.1, -0.05) is 42.5 Å². The van der Waals surface area contributed by atoms with Crippen molar-refractivity contribution in [1.82, 2.24) is 15.0 Å². The first-order chi connectivity index (χ1) is 15.7. The highest BCUT2D eigenvalue weighted by Gasteiger charge is 2.16. The molecule has 1 aliphatic rings. The molecule has 0 amide bonds. The number of hydrazone groups is 1. The lowest BCUT2D eigenvalue weighted by Gasteiger charge is -2.27. The number of hydrogen-bond acceptors (Lipinski definition) is 9. The molecule has 9 nitrogen and oxygen atoms in total. The summed E-state index contributed by atoms with van der Waals surface area (Å²) in [6, 6.07) is 18.3. The lowest BCUT2D eigenvalue weighted by molar-refractivity contribution is 0.122. The van der Waals surface area contributed by atoms with Crippen LogP contribution in [0.1, 0.15) is 11.1 Å². The molecule has 174 valence electrons. The average Bonchev–Trinajstić information content (AvgIpc) is 2.84. The summed E-state index contributed by atoms with van der Waals surface area (Å²) in [6.07, 6.45) is 1.74. The fourth-order valence-corrected chi connectivity index (χ4v) is 3.20. The van der Waals surface area contributed by atoms with Crippen molar-refractivity contribution in [1.29, 1.82) is 0 Å². The summed E-state index contributed by atoms with van der Waals surface area (Å²) in [5.41, 5.74) is 6.21. The molecule has 0 saturated carbocycles. The zero-order valence-electron chi connectivity index (χ0n) is 18.8. The highest BCUT2D eigenvalue weighted by molar-refractivity contribution is 5.85. The molecule has 0 bridgehead atoms. The van der Waals surface area contributed by atoms with Gasteiger partial charge in [-0.3, -0.25) is 0 Å². The molecule has 3 aromatic rings. The van der Waals surface area contributed by atoms with Crippen molar-refractivity contribution >= 4 is 42.2 Å². The summed E-state index contributed by atoms with van der Waals surface area (Å²) in [4.78, 5) is 17.8. The van der Waals surface area contributed by atoms with E-state index in [2.05, 4.69) is 52.7 Å². The molecule has 1 fully saturated rings. The Bertz CT molecular complexity index is 1020. The minimum absolute atomic E-state index is 0. The minimum atomic E-state index is 0. The predicted molar refractivity (Wildman–Crippen MR) is 136 cm³/mol. The second kappa shape index (κ2) is 12.0. The number of aromatic nitrogens is 3. The molecule has 0 unspecified atom stereocenters. The summed E-state index contributed by atoms with van der Waals surface area (Å²) in [5.74, 6) is 1.49. The van der Waals surface area contributed by atoms with Gasteiger partial charge in [0.2, 0.25) is 17.8 Å². The van der Waals surface area contributed by atoms with Crippen LogP contribution >= 0.6 is 12.4 Å². The van der Waals surface area contributed by atoms with E-state index in [9.17, 15) is 0 Å². The summed E-state index contributed by atoms with van der Waals surface area (Å²) < 4.78 is 5.45. The topological polar surface area (TPSA) is 90.8 Å². The Labute approximate surface area is 200 Å². The van der Waals surface area contributed by atoms with Crippen LogP contribution in [0.2, 0.25) is 0 Å². The third kappa shape index (κ3) is 7.03. The van der Waals surface area contributed by atoms with Gasteiger partial charge in [-0.05, 0) is 23.3 Å². The number of nitrogens with zero attached hydrogens (tertiary/aromatic N) is 6. The van der Waals surface area contributed by atoms with Crippen LogP contribution in [0.3, 0.4) is 0 Å². The maximum Gasteiger partial charge on any atom is 0.250 e. The van der Waals surface area contributed by atoms with E-state index in [4.69, 9.17) is 4.74 Å². The Balaban J connectivity index is 0.00000306. The van der Waals surface area contributed by atoms with Crippen LogP contribution in [0.5, 0.6) is 0 Å². The first kappa shape index (κ1) is 24.2. The number of nitrogens with one attached hydrogen (secondary N) is 2. The molecule has 2 N–H and O–H groups in total. The molecule has 1 saturated heterocycles. The van der Waals surface area contributed by atoms with Gasteiger partial charge in [-0.2, -0.15) is 20.1 Å². The van der Waals surface area contributed by atoms with Crippen LogP contribution in [0, 0.1) is 0 Å². The van der Waals surface area contributed by atoms with E-state index in [-0.39, 0.29) is 12.4 Å². The molecule has 4 rings (SSSR count). The van der Waals surface area contributed by atoms with Crippen LogP contribution in [0.25, 0.3) is 0 Å². The number of ether oxygens (including phenoxy) is 1. The standard InChI is InChI=1S/C23H28N8O.ClH/c1-30(2)20-10-8-19(9-11-20)17-25-29-22-26-21(24-16-18-6-4-3-5-7-18)27-23(28-22)31-12-14-32-15-13-31;/h3-11,17H,12-16H2,1-2H3,(H2,24,26,27,28,29);1H/b25-17+;. The second-order valence-corrected chi connectivity index (χ2v) is 7.58. The largest absolute Gasteiger partial charge is 0.378 e. The van der Waals surface area contributed by atoms with Crippen molar-refractivity contribution in [3.05, 3.63) is 65.7 Å². The molecule has 1 aromatic heterocycles. The Kier molecular flexibility index (Phi) is 8.79. The summed E-state index contributed by atoms with van der Waals surface area (Å²) in [7, 11) is 4.03. The van der Waals surface area contributed by atoms with Gasteiger partial charge in [0.05, 0.1) is 19.4 Å². The molecule has 0 aliphatic carbocycles. The van der Waals surface area contributed by atoms with E-state index >= 15 is 0 Å². The van der Waals surface area contributed by atoms with Crippen molar-refractivity contribution in [3.8, 4) is 0 Å². The van der Waals surface area contributed by atoms with E-state index in [0.717, 1.165) is 29.9 Å². The molecule has 10 heteroatoms. The molecule has 33 heavy (non-hydrogen) atoms. The zero-order valence-corrected chi connectivity index (χ0v) is 19.6. The molecule has 2 heterocycles. The average molecular weight is 469 g/mol. The van der Waals surface area contributed by atoms with Gasteiger partial charge in [0.25, 0.3) is 0 Å². The van der Waals surface area contributed by atoms with E-state index in [1.165, 1.54) is 0 Å². The third-order valence-electron chi connectivity index (χ3n) is 5.00. The van der Waals surface area contributed by atoms with Gasteiger partial charge in [0.15, 0.2) is 0 Å². The van der Waals surface area contributed by atoms with E-state index in [1.54, 1.807) is 6.21 Å². The fraction of sp³-hybridized carbons (Fsp3) is 0.304. The molecule has 0 atom stereocenters. The van der Waals surface area contributed by atoms with Gasteiger partial charge >= 0.3 is 0 Å². The van der Waals surface area contributed by atoms with Crippen LogP contribution in [0.4, 0.5) is 23.5 Å². The van der Waals surface area contributed by atoms with Gasteiger partial charge in [-0.25, -0.2) is 5.43 Å².